The van der Waals surface area contributed by atoms with Gasteiger partial charge in [0.15, 0.2) is 0 Å². The largest absolute Gasteiger partial charge is 0.473 e. The van der Waals surface area contributed by atoms with Crippen LogP contribution in [0.1, 0.15) is 5.69 Å². The van der Waals surface area contributed by atoms with E-state index in [0.29, 0.717) is 11.4 Å². The van der Waals surface area contributed by atoms with Crippen molar-refractivity contribution < 1.29 is 9.84 Å². The molecule has 0 aliphatic rings. The molecule has 2 aromatic carbocycles. The zero-order valence-electron chi connectivity index (χ0n) is 12.9. The van der Waals surface area contributed by atoms with E-state index in [9.17, 15) is 5.26 Å². The first-order valence-electron chi connectivity index (χ1n) is 7.50. The minimum atomic E-state index is -0.159. The Bertz CT molecular complexity index is 859. The van der Waals surface area contributed by atoms with Crippen molar-refractivity contribution in [3.63, 3.8) is 0 Å². The van der Waals surface area contributed by atoms with Crippen molar-refractivity contribution in [3.8, 4) is 34.5 Å². The predicted molar refractivity (Wildman–Crippen MR) is 90.2 cm³/mol. The molecular formula is C19H15N3O2. The molecule has 5 heteroatoms. The molecule has 5 nitrogen and oxygen atoms in total. The molecule has 0 bridgehead atoms. The van der Waals surface area contributed by atoms with Crippen LogP contribution in [-0.2, 0) is 0 Å². The molecule has 0 amide bonds. The highest BCUT2D eigenvalue weighted by Gasteiger charge is 2.17. The molecule has 0 aliphatic carbocycles. The average molecular weight is 317 g/mol. The molecule has 0 unspecified atom stereocenters. The number of nitriles is 1. The minimum Gasteiger partial charge on any atom is -0.473 e. The Hall–Kier alpha value is -3.23. The second-order valence-electron chi connectivity index (χ2n) is 4.99. The van der Waals surface area contributed by atoms with Crippen LogP contribution >= 0.6 is 0 Å². The van der Waals surface area contributed by atoms with Crippen molar-refractivity contribution in [2.45, 2.75) is 0 Å². The highest BCUT2D eigenvalue weighted by molar-refractivity contribution is 5.78. The molecule has 0 saturated heterocycles. The Morgan fingerprint density at radius 1 is 0.875 bits per heavy atom. The summed E-state index contributed by atoms with van der Waals surface area (Å²) in [6.07, 6.45) is 0. The molecule has 1 aromatic heterocycles. The molecule has 118 valence electrons. The van der Waals surface area contributed by atoms with E-state index in [1.165, 1.54) is 0 Å². The second-order valence-corrected chi connectivity index (χ2v) is 4.99. The van der Waals surface area contributed by atoms with Gasteiger partial charge in [-0.25, -0.2) is 9.97 Å². The van der Waals surface area contributed by atoms with Crippen LogP contribution in [0.4, 0.5) is 0 Å². The number of hydrogen-bond acceptors (Lipinski definition) is 5. The Morgan fingerprint density at radius 2 is 1.42 bits per heavy atom. The van der Waals surface area contributed by atoms with Crippen molar-refractivity contribution >= 4 is 0 Å². The van der Waals surface area contributed by atoms with E-state index in [0.717, 1.165) is 11.1 Å². The summed E-state index contributed by atoms with van der Waals surface area (Å²) in [7, 11) is 0. The number of nitrogens with zero attached hydrogens (tertiary/aromatic N) is 3. The zero-order valence-corrected chi connectivity index (χ0v) is 12.9. The van der Waals surface area contributed by atoms with Crippen LogP contribution < -0.4 is 4.74 Å². The average Bonchev–Trinajstić information content (AvgIpc) is 2.67. The number of aliphatic hydroxyl groups excluding tert-OH is 1. The van der Waals surface area contributed by atoms with Gasteiger partial charge in [0.1, 0.15) is 18.4 Å². The van der Waals surface area contributed by atoms with Crippen LogP contribution in [0.2, 0.25) is 0 Å². The van der Waals surface area contributed by atoms with Gasteiger partial charge in [-0.1, -0.05) is 60.7 Å². The molecule has 0 aliphatic heterocycles. The van der Waals surface area contributed by atoms with Gasteiger partial charge in [0, 0.05) is 11.1 Å². The highest BCUT2D eigenvalue weighted by Crippen LogP contribution is 2.31. The van der Waals surface area contributed by atoms with Crippen molar-refractivity contribution in [3.05, 3.63) is 66.4 Å². The molecule has 3 rings (SSSR count). The summed E-state index contributed by atoms with van der Waals surface area (Å²) >= 11 is 0. The Kier molecular flexibility index (Phi) is 4.80. The number of hydrogen-bond donors (Lipinski definition) is 1. The van der Waals surface area contributed by atoms with Gasteiger partial charge < -0.3 is 9.84 Å². The Morgan fingerprint density at radius 3 is 1.92 bits per heavy atom. The van der Waals surface area contributed by atoms with E-state index in [1.54, 1.807) is 0 Å². The van der Waals surface area contributed by atoms with Crippen LogP contribution in [-0.4, -0.2) is 28.3 Å². The molecule has 24 heavy (non-hydrogen) atoms. The van der Waals surface area contributed by atoms with E-state index in [1.807, 2.05) is 66.7 Å². The number of benzene rings is 2. The third kappa shape index (κ3) is 3.24. The van der Waals surface area contributed by atoms with Crippen LogP contribution in [0, 0.1) is 11.3 Å². The normalized spacial score (nSPS) is 10.2. The van der Waals surface area contributed by atoms with Gasteiger partial charge in [0.25, 0.3) is 5.88 Å². The van der Waals surface area contributed by atoms with E-state index in [4.69, 9.17) is 9.84 Å². The van der Waals surface area contributed by atoms with Crippen LogP contribution in [0.15, 0.2) is 60.7 Å². The summed E-state index contributed by atoms with van der Waals surface area (Å²) in [5.74, 6) is 0.130. The SMILES string of the molecule is N#Cc1nc(-c2ccccc2)c(-c2ccccc2)nc1OCCO. The first kappa shape index (κ1) is 15.7. The van der Waals surface area contributed by atoms with Crippen molar-refractivity contribution in [1.82, 2.24) is 9.97 Å². The fourth-order valence-electron chi connectivity index (χ4n) is 2.33. The lowest BCUT2D eigenvalue weighted by atomic mass is 10.0. The van der Waals surface area contributed by atoms with E-state index in [2.05, 4.69) is 9.97 Å². The molecule has 0 atom stereocenters. The maximum Gasteiger partial charge on any atom is 0.251 e. The van der Waals surface area contributed by atoms with Gasteiger partial charge in [0.05, 0.1) is 12.3 Å². The van der Waals surface area contributed by atoms with E-state index in [-0.39, 0.29) is 24.8 Å². The summed E-state index contributed by atoms with van der Waals surface area (Å²) in [5.41, 5.74) is 3.10. The summed E-state index contributed by atoms with van der Waals surface area (Å²) in [6, 6.07) is 21.2. The van der Waals surface area contributed by atoms with Gasteiger partial charge in [-0.2, -0.15) is 5.26 Å². The maximum absolute atomic E-state index is 9.36. The Labute approximate surface area is 139 Å². The molecule has 3 aromatic rings. The quantitative estimate of drug-likeness (QED) is 0.782. The highest BCUT2D eigenvalue weighted by atomic mass is 16.5. The van der Waals surface area contributed by atoms with Crippen LogP contribution in [0.5, 0.6) is 5.88 Å². The lowest BCUT2D eigenvalue weighted by Crippen LogP contribution is -2.07. The monoisotopic (exact) mass is 317 g/mol. The van der Waals surface area contributed by atoms with Gasteiger partial charge in [-0.15, -0.1) is 0 Å². The summed E-state index contributed by atoms with van der Waals surface area (Å²) in [4.78, 5) is 8.97. The predicted octanol–water partition coefficient (Wildman–Crippen LogP) is 3.05. The molecule has 1 heterocycles. The molecule has 0 spiro atoms. The molecule has 0 fully saturated rings. The number of aromatic nitrogens is 2. The molecule has 1 N–H and O–H groups in total. The standard InChI is InChI=1S/C19H15N3O2/c20-13-16-19(24-12-11-23)22-18(15-9-5-2-6-10-15)17(21-16)14-7-3-1-4-8-14/h1-10,23H,11-12H2. The Balaban J connectivity index is 2.21. The fraction of sp³-hybridized carbons (Fsp3) is 0.105. The van der Waals surface area contributed by atoms with Gasteiger partial charge in [0.2, 0.25) is 5.69 Å². The summed E-state index contributed by atoms with van der Waals surface area (Å²) in [5, 5.41) is 18.3. The van der Waals surface area contributed by atoms with Crippen molar-refractivity contribution in [1.29, 1.82) is 5.26 Å². The first-order valence-corrected chi connectivity index (χ1v) is 7.50. The van der Waals surface area contributed by atoms with Crippen LogP contribution in [0.3, 0.4) is 0 Å². The number of rotatable bonds is 5. The van der Waals surface area contributed by atoms with E-state index >= 15 is 0 Å². The van der Waals surface area contributed by atoms with Crippen molar-refractivity contribution in [2.75, 3.05) is 13.2 Å². The van der Waals surface area contributed by atoms with Crippen LogP contribution in [0.25, 0.3) is 22.5 Å². The lowest BCUT2D eigenvalue weighted by molar-refractivity contribution is 0.196. The summed E-state index contributed by atoms with van der Waals surface area (Å²) < 4.78 is 5.38. The fourth-order valence-corrected chi connectivity index (χ4v) is 2.33. The zero-order chi connectivity index (χ0) is 16.8. The molecule has 0 radical (unpaired) electrons. The third-order valence-electron chi connectivity index (χ3n) is 3.39. The lowest BCUT2D eigenvalue weighted by Gasteiger charge is -2.12. The van der Waals surface area contributed by atoms with Gasteiger partial charge >= 0.3 is 0 Å². The number of aliphatic hydroxyl groups is 1. The first-order chi connectivity index (χ1) is 11.8. The molecule has 0 saturated carbocycles. The third-order valence-corrected chi connectivity index (χ3v) is 3.39. The van der Waals surface area contributed by atoms with Gasteiger partial charge in [-0.3, -0.25) is 0 Å². The number of ether oxygens (including phenoxy) is 1. The summed E-state index contributed by atoms with van der Waals surface area (Å²) in [6.45, 7) is -0.101. The smallest absolute Gasteiger partial charge is 0.251 e. The minimum absolute atomic E-state index is 0.0578. The van der Waals surface area contributed by atoms with Gasteiger partial charge in [-0.05, 0) is 0 Å². The molecular weight excluding hydrogens is 302 g/mol. The van der Waals surface area contributed by atoms with E-state index < -0.39 is 0 Å². The maximum atomic E-state index is 9.36. The van der Waals surface area contributed by atoms with Crippen molar-refractivity contribution in [2.24, 2.45) is 0 Å². The second kappa shape index (κ2) is 7.36. The topological polar surface area (TPSA) is 79.0 Å².